The summed E-state index contributed by atoms with van der Waals surface area (Å²) in [5.74, 6) is -1.93. The van der Waals surface area contributed by atoms with E-state index in [1.54, 1.807) is 18.2 Å². The maximum absolute atomic E-state index is 12.0. The van der Waals surface area contributed by atoms with Crippen molar-refractivity contribution < 1.29 is 34.1 Å². The van der Waals surface area contributed by atoms with Crippen LogP contribution in [0.2, 0.25) is 0 Å². The summed E-state index contributed by atoms with van der Waals surface area (Å²) in [6.45, 7) is 0. The molecule has 0 saturated carbocycles. The van der Waals surface area contributed by atoms with Crippen molar-refractivity contribution >= 4 is 17.8 Å². The number of methoxy groups -OCH3 is 2. The summed E-state index contributed by atoms with van der Waals surface area (Å²) in [6, 6.07) is 3.67. The Kier molecular flexibility index (Phi) is 6.85. The van der Waals surface area contributed by atoms with E-state index in [1.807, 2.05) is 0 Å². The fraction of sp³-hybridized carbons (Fsp3) is 0.400. The maximum atomic E-state index is 12.0. The quantitative estimate of drug-likeness (QED) is 0.610. The SMILES string of the molecule is COc1ccc(CC(=O)NC(CCC(=O)O)C(=O)O)c(OC)c1. The van der Waals surface area contributed by atoms with Crippen molar-refractivity contribution in [3.8, 4) is 11.5 Å². The number of rotatable bonds is 9. The van der Waals surface area contributed by atoms with Crippen molar-refractivity contribution in [3.05, 3.63) is 23.8 Å². The Morgan fingerprint density at radius 2 is 1.87 bits per heavy atom. The smallest absolute Gasteiger partial charge is 0.326 e. The maximum Gasteiger partial charge on any atom is 0.326 e. The Bertz CT molecular complexity index is 585. The van der Waals surface area contributed by atoms with Gasteiger partial charge in [-0.3, -0.25) is 9.59 Å². The van der Waals surface area contributed by atoms with Crippen molar-refractivity contribution in [3.63, 3.8) is 0 Å². The highest BCUT2D eigenvalue weighted by molar-refractivity contribution is 5.85. The number of hydrogen-bond donors (Lipinski definition) is 3. The highest BCUT2D eigenvalue weighted by Gasteiger charge is 2.21. The minimum Gasteiger partial charge on any atom is -0.497 e. The molecule has 23 heavy (non-hydrogen) atoms. The largest absolute Gasteiger partial charge is 0.497 e. The molecule has 1 atom stereocenters. The monoisotopic (exact) mass is 325 g/mol. The lowest BCUT2D eigenvalue weighted by atomic mass is 10.1. The van der Waals surface area contributed by atoms with Crippen LogP contribution in [-0.2, 0) is 20.8 Å². The zero-order valence-corrected chi connectivity index (χ0v) is 12.9. The minimum atomic E-state index is -1.28. The summed E-state index contributed by atoms with van der Waals surface area (Å²) in [7, 11) is 2.95. The van der Waals surface area contributed by atoms with Crippen LogP contribution in [0.3, 0.4) is 0 Å². The van der Waals surface area contributed by atoms with E-state index in [0.717, 1.165) is 0 Å². The molecule has 0 aliphatic rings. The molecule has 0 aliphatic carbocycles. The van der Waals surface area contributed by atoms with Crippen LogP contribution in [0.4, 0.5) is 0 Å². The van der Waals surface area contributed by atoms with E-state index >= 15 is 0 Å². The van der Waals surface area contributed by atoms with Gasteiger partial charge in [0.2, 0.25) is 5.91 Å². The number of amides is 1. The first-order chi connectivity index (χ1) is 10.9. The predicted octanol–water partition coefficient (Wildman–Crippen LogP) is 0.680. The lowest BCUT2D eigenvalue weighted by molar-refractivity contribution is -0.143. The van der Waals surface area contributed by atoms with Gasteiger partial charge in [0, 0.05) is 18.1 Å². The van der Waals surface area contributed by atoms with Crippen molar-refractivity contribution in [1.29, 1.82) is 0 Å². The molecule has 0 aliphatic heterocycles. The first-order valence-electron chi connectivity index (χ1n) is 6.82. The predicted molar refractivity (Wildman–Crippen MR) is 79.7 cm³/mol. The second-order valence-corrected chi connectivity index (χ2v) is 4.75. The number of nitrogens with one attached hydrogen (secondary N) is 1. The number of carbonyl (C=O) groups is 3. The zero-order chi connectivity index (χ0) is 17.4. The summed E-state index contributed by atoms with van der Waals surface area (Å²) in [6.07, 6.45) is -0.622. The van der Waals surface area contributed by atoms with Gasteiger partial charge in [-0.2, -0.15) is 0 Å². The van der Waals surface area contributed by atoms with E-state index in [4.69, 9.17) is 19.7 Å². The molecular weight excluding hydrogens is 306 g/mol. The van der Waals surface area contributed by atoms with Crippen LogP contribution in [0.5, 0.6) is 11.5 Å². The van der Waals surface area contributed by atoms with E-state index in [9.17, 15) is 14.4 Å². The number of benzene rings is 1. The van der Waals surface area contributed by atoms with Gasteiger partial charge in [-0.1, -0.05) is 6.07 Å². The van der Waals surface area contributed by atoms with E-state index in [2.05, 4.69) is 5.32 Å². The van der Waals surface area contributed by atoms with Crippen molar-refractivity contribution in [2.24, 2.45) is 0 Å². The molecular formula is C15H19NO7. The molecule has 0 saturated heterocycles. The molecule has 0 bridgehead atoms. The summed E-state index contributed by atoms with van der Waals surface area (Å²) in [5.41, 5.74) is 0.563. The fourth-order valence-corrected chi connectivity index (χ4v) is 1.94. The fourth-order valence-electron chi connectivity index (χ4n) is 1.94. The third-order valence-corrected chi connectivity index (χ3v) is 3.13. The summed E-state index contributed by atoms with van der Waals surface area (Å²) in [4.78, 5) is 33.6. The van der Waals surface area contributed by atoms with Crippen LogP contribution in [0.1, 0.15) is 18.4 Å². The van der Waals surface area contributed by atoms with Gasteiger partial charge in [0.1, 0.15) is 17.5 Å². The average molecular weight is 325 g/mol. The molecule has 3 N–H and O–H groups in total. The van der Waals surface area contributed by atoms with Gasteiger partial charge in [0.05, 0.1) is 20.6 Å². The van der Waals surface area contributed by atoms with Gasteiger partial charge in [-0.15, -0.1) is 0 Å². The van der Waals surface area contributed by atoms with E-state index < -0.39 is 23.9 Å². The van der Waals surface area contributed by atoms with E-state index in [0.29, 0.717) is 17.1 Å². The van der Waals surface area contributed by atoms with Crippen LogP contribution >= 0.6 is 0 Å². The molecule has 0 spiro atoms. The van der Waals surface area contributed by atoms with Crippen LogP contribution in [-0.4, -0.2) is 48.3 Å². The Balaban J connectivity index is 2.74. The molecule has 1 aromatic rings. The van der Waals surface area contributed by atoms with Gasteiger partial charge in [0.25, 0.3) is 0 Å². The summed E-state index contributed by atoms with van der Waals surface area (Å²) >= 11 is 0. The molecule has 0 fully saturated rings. The van der Waals surface area contributed by atoms with Crippen LogP contribution in [0, 0.1) is 0 Å². The number of hydrogen-bond acceptors (Lipinski definition) is 5. The molecule has 8 nitrogen and oxygen atoms in total. The molecule has 126 valence electrons. The third-order valence-electron chi connectivity index (χ3n) is 3.13. The van der Waals surface area contributed by atoms with Crippen molar-refractivity contribution in [1.82, 2.24) is 5.32 Å². The Morgan fingerprint density at radius 3 is 2.39 bits per heavy atom. The number of carbonyl (C=O) groups excluding carboxylic acids is 1. The Labute approximate surface area is 133 Å². The van der Waals surface area contributed by atoms with Crippen LogP contribution in [0.15, 0.2) is 18.2 Å². The molecule has 1 unspecified atom stereocenters. The van der Waals surface area contributed by atoms with Crippen LogP contribution < -0.4 is 14.8 Å². The van der Waals surface area contributed by atoms with Gasteiger partial charge in [0.15, 0.2) is 0 Å². The summed E-state index contributed by atoms with van der Waals surface area (Å²) < 4.78 is 10.2. The molecule has 1 rings (SSSR count). The number of carboxylic acid groups (broad SMARTS) is 2. The number of ether oxygens (including phenoxy) is 2. The molecule has 0 radical (unpaired) electrons. The van der Waals surface area contributed by atoms with E-state index in [-0.39, 0.29) is 19.3 Å². The normalized spacial score (nSPS) is 11.4. The summed E-state index contributed by atoms with van der Waals surface area (Å²) in [5, 5.41) is 19.9. The number of carboxylic acids is 2. The standard InChI is InChI=1S/C15H19NO7/c1-22-10-4-3-9(12(8-10)23-2)7-13(17)16-11(15(20)21)5-6-14(18)19/h3-4,8,11H,5-7H2,1-2H3,(H,16,17)(H,18,19)(H,20,21). The van der Waals surface area contributed by atoms with E-state index in [1.165, 1.54) is 14.2 Å². The van der Waals surface area contributed by atoms with Gasteiger partial charge in [-0.25, -0.2) is 4.79 Å². The van der Waals surface area contributed by atoms with Gasteiger partial charge < -0.3 is 25.0 Å². The minimum absolute atomic E-state index is 0.0932. The van der Waals surface area contributed by atoms with Gasteiger partial charge in [-0.05, 0) is 12.5 Å². The lowest BCUT2D eigenvalue weighted by Gasteiger charge is -2.15. The lowest BCUT2D eigenvalue weighted by Crippen LogP contribution is -2.41. The Morgan fingerprint density at radius 1 is 1.17 bits per heavy atom. The highest BCUT2D eigenvalue weighted by Crippen LogP contribution is 2.24. The van der Waals surface area contributed by atoms with Gasteiger partial charge >= 0.3 is 11.9 Å². The van der Waals surface area contributed by atoms with Crippen molar-refractivity contribution in [2.45, 2.75) is 25.3 Å². The molecule has 0 heterocycles. The first-order valence-corrected chi connectivity index (χ1v) is 6.82. The Hall–Kier alpha value is -2.77. The molecule has 1 aromatic carbocycles. The first kappa shape index (κ1) is 18.3. The molecule has 0 aromatic heterocycles. The average Bonchev–Trinajstić information content (AvgIpc) is 2.51. The van der Waals surface area contributed by atoms with Crippen molar-refractivity contribution in [2.75, 3.05) is 14.2 Å². The number of aliphatic carboxylic acids is 2. The second kappa shape index (κ2) is 8.62. The molecule has 8 heteroatoms. The zero-order valence-electron chi connectivity index (χ0n) is 12.9. The topological polar surface area (TPSA) is 122 Å². The second-order valence-electron chi connectivity index (χ2n) is 4.75. The molecule has 1 amide bonds. The van der Waals surface area contributed by atoms with Crippen LogP contribution in [0.25, 0.3) is 0 Å². The highest BCUT2D eigenvalue weighted by atomic mass is 16.5. The third kappa shape index (κ3) is 5.85.